The van der Waals surface area contributed by atoms with E-state index in [0.29, 0.717) is 0 Å². The number of rotatable bonds is 5. The summed E-state index contributed by atoms with van der Waals surface area (Å²) in [4.78, 5) is 4.31. The maximum atomic E-state index is 9.04. The van der Waals surface area contributed by atoms with E-state index in [0.717, 1.165) is 28.8 Å². The van der Waals surface area contributed by atoms with Crippen LogP contribution in [-0.4, -0.2) is 26.3 Å². The molecule has 1 aromatic heterocycles. The number of aliphatic hydroxyl groups is 1. The second kappa shape index (κ2) is 5.57. The van der Waals surface area contributed by atoms with E-state index in [1.54, 1.807) is 18.7 Å². The van der Waals surface area contributed by atoms with E-state index in [2.05, 4.69) is 9.36 Å². The van der Waals surface area contributed by atoms with Crippen LogP contribution in [0.1, 0.15) is 26.1 Å². The first-order chi connectivity index (χ1) is 6.22. The zero-order valence-corrected chi connectivity index (χ0v) is 9.49. The quantitative estimate of drug-likeness (QED) is 0.767. The van der Waals surface area contributed by atoms with E-state index in [1.807, 2.05) is 6.92 Å². The molecule has 0 aliphatic carbocycles. The third-order valence-corrected chi connectivity index (χ3v) is 3.43. The van der Waals surface area contributed by atoms with Crippen molar-refractivity contribution in [2.45, 2.75) is 37.1 Å². The zero-order valence-electron chi connectivity index (χ0n) is 7.86. The Morgan fingerprint density at radius 1 is 1.62 bits per heavy atom. The Morgan fingerprint density at radius 2 is 2.38 bits per heavy atom. The lowest BCUT2D eigenvalue weighted by Crippen LogP contribution is -2.00. The fourth-order valence-corrected chi connectivity index (χ4v) is 2.63. The van der Waals surface area contributed by atoms with Crippen molar-refractivity contribution in [1.82, 2.24) is 9.36 Å². The minimum absolute atomic E-state index is 0.217. The van der Waals surface area contributed by atoms with Gasteiger partial charge in [0, 0.05) is 12.2 Å². The van der Waals surface area contributed by atoms with Gasteiger partial charge in [0.25, 0.3) is 0 Å². The van der Waals surface area contributed by atoms with Gasteiger partial charge in [0.2, 0.25) is 0 Å². The number of aromatic nitrogens is 2. The van der Waals surface area contributed by atoms with Crippen LogP contribution in [0.5, 0.6) is 0 Å². The fraction of sp³-hybridized carbons (Fsp3) is 0.750. The van der Waals surface area contributed by atoms with Crippen LogP contribution in [0.3, 0.4) is 0 Å². The summed E-state index contributed by atoms with van der Waals surface area (Å²) in [6, 6.07) is 0. The van der Waals surface area contributed by atoms with Crippen molar-refractivity contribution in [1.29, 1.82) is 0 Å². The lowest BCUT2D eigenvalue weighted by molar-refractivity contribution is 0.192. The molecule has 0 aromatic carbocycles. The molecule has 1 unspecified atom stereocenters. The molecule has 1 rings (SSSR count). The van der Waals surface area contributed by atoms with Crippen LogP contribution in [0.2, 0.25) is 0 Å². The summed E-state index contributed by atoms with van der Waals surface area (Å²) in [5, 5.41) is 9.04. The van der Waals surface area contributed by atoms with Crippen molar-refractivity contribution >= 4 is 23.3 Å². The highest BCUT2D eigenvalue weighted by Gasteiger charge is 2.03. The van der Waals surface area contributed by atoms with Crippen molar-refractivity contribution < 1.29 is 5.11 Å². The summed E-state index contributed by atoms with van der Waals surface area (Å²) in [7, 11) is 0. The van der Waals surface area contributed by atoms with E-state index in [4.69, 9.17) is 5.11 Å². The molecule has 74 valence electrons. The largest absolute Gasteiger partial charge is 0.393 e. The lowest BCUT2D eigenvalue weighted by atomic mass is 10.3. The Morgan fingerprint density at radius 3 is 2.92 bits per heavy atom. The van der Waals surface area contributed by atoms with E-state index >= 15 is 0 Å². The van der Waals surface area contributed by atoms with Crippen LogP contribution < -0.4 is 0 Å². The first kappa shape index (κ1) is 10.9. The molecule has 0 saturated heterocycles. The van der Waals surface area contributed by atoms with Crippen molar-refractivity contribution in [2.75, 3.05) is 5.75 Å². The Balaban J connectivity index is 2.28. The topological polar surface area (TPSA) is 46.0 Å². The molecule has 1 atom stereocenters. The Labute approximate surface area is 86.8 Å². The predicted molar refractivity (Wildman–Crippen MR) is 56.3 cm³/mol. The van der Waals surface area contributed by atoms with Crippen LogP contribution in [0, 0.1) is 0 Å². The average molecular weight is 218 g/mol. The van der Waals surface area contributed by atoms with Crippen LogP contribution in [0.15, 0.2) is 4.34 Å². The molecule has 0 bridgehead atoms. The van der Waals surface area contributed by atoms with E-state index in [1.165, 1.54) is 11.5 Å². The molecule has 3 nitrogen and oxygen atoms in total. The van der Waals surface area contributed by atoms with Gasteiger partial charge in [0.15, 0.2) is 4.34 Å². The highest BCUT2D eigenvalue weighted by atomic mass is 32.2. The highest BCUT2D eigenvalue weighted by molar-refractivity contribution is 8.00. The molecule has 5 heteroatoms. The van der Waals surface area contributed by atoms with Gasteiger partial charge in [0.1, 0.15) is 5.82 Å². The molecule has 0 aliphatic heterocycles. The first-order valence-corrected chi connectivity index (χ1v) is 6.11. The molecule has 0 aliphatic rings. The number of nitrogens with zero attached hydrogens (tertiary/aromatic N) is 2. The minimum Gasteiger partial charge on any atom is -0.393 e. The predicted octanol–water partition coefficient (Wildman–Crippen LogP) is 1.96. The SMILES string of the molecule is CCc1nsc(SCCC(C)O)n1. The molecule has 0 saturated carbocycles. The van der Waals surface area contributed by atoms with Gasteiger partial charge in [-0.1, -0.05) is 18.7 Å². The standard InChI is InChI=1S/C8H14N2OS2/c1-3-7-9-8(13-10-7)12-5-4-6(2)11/h6,11H,3-5H2,1-2H3. The monoisotopic (exact) mass is 218 g/mol. The molecule has 0 radical (unpaired) electrons. The number of hydrogen-bond acceptors (Lipinski definition) is 5. The Hall–Kier alpha value is -0.130. The number of aryl methyl sites for hydroxylation is 1. The van der Waals surface area contributed by atoms with Gasteiger partial charge in [-0.2, -0.15) is 4.37 Å². The fourth-order valence-electron chi connectivity index (χ4n) is 0.757. The summed E-state index contributed by atoms with van der Waals surface area (Å²) in [6.07, 6.45) is 1.49. The molecule has 0 spiro atoms. The molecule has 1 N–H and O–H groups in total. The third-order valence-electron chi connectivity index (χ3n) is 1.53. The molecule has 13 heavy (non-hydrogen) atoms. The van der Waals surface area contributed by atoms with Crippen LogP contribution >= 0.6 is 23.3 Å². The molecule has 0 fully saturated rings. The van der Waals surface area contributed by atoms with Crippen molar-refractivity contribution in [3.05, 3.63) is 5.82 Å². The third kappa shape index (κ3) is 4.06. The molecule has 1 aromatic rings. The van der Waals surface area contributed by atoms with Crippen LogP contribution in [-0.2, 0) is 6.42 Å². The molecular formula is C8H14N2OS2. The van der Waals surface area contributed by atoms with Gasteiger partial charge in [-0.15, -0.1) is 0 Å². The maximum absolute atomic E-state index is 9.04. The molecular weight excluding hydrogens is 204 g/mol. The van der Waals surface area contributed by atoms with Crippen molar-refractivity contribution in [3.8, 4) is 0 Å². The summed E-state index contributed by atoms with van der Waals surface area (Å²) >= 11 is 3.12. The normalized spacial score (nSPS) is 13.2. The molecule has 0 amide bonds. The number of thioether (sulfide) groups is 1. The summed E-state index contributed by atoms with van der Waals surface area (Å²) < 4.78 is 5.19. The van der Waals surface area contributed by atoms with Crippen LogP contribution in [0.25, 0.3) is 0 Å². The Bertz CT molecular complexity index is 250. The summed E-state index contributed by atoms with van der Waals surface area (Å²) in [6.45, 7) is 3.85. The van der Waals surface area contributed by atoms with Gasteiger partial charge in [-0.25, -0.2) is 4.98 Å². The second-order valence-electron chi connectivity index (χ2n) is 2.82. The minimum atomic E-state index is -0.217. The van der Waals surface area contributed by atoms with Gasteiger partial charge < -0.3 is 5.11 Å². The summed E-state index contributed by atoms with van der Waals surface area (Å²) in [5.41, 5.74) is 0. The van der Waals surface area contributed by atoms with E-state index in [-0.39, 0.29) is 6.10 Å². The Kier molecular flexibility index (Phi) is 4.69. The summed E-state index contributed by atoms with van der Waals surface area (Å²) in [5.74, 6) is 1.83. The number of hydrogen-bond donors (Lipinski definition) is 1. The highest BCUT2D eigenvalue weighted by Crippen LogP contribution is 2.21. The van der Waals surface area contributed by atoms with Gasteiger partial charge >= 0.3 is 0 Å². The van der Waals surface area contributed by atoms with Gasteiger partial charge in [-0.3, -0.25) is 0 Å². The van der Waals surface area contributed by atoms with Crippen LogP contribution in [0.4, 0.5) is 0 Å². The van der Waals surface area contributed by atoms with E-state index in [9.17, 15) is 0 Å². The lowest BCUT2D eigenvalue weighted by Gasteiger charge is -2.00. The maximum Gasteiger partial charge on any atom is 0.170 e. The zero-order chi connectivity index (χ0) is 9.68. The molecule has 1 heterocycles. The van der Waals surface area contributed by atoms with E-state index < -0.39 is 0 Å². The first-order valence-electron chi connectivity index (χ1n) is 4.35. The number of aliphatic hydroxyl groups excluding tert-OH is 1. The van der Waals surface area contributed by atoms with Crippen molar-refractivity contribution in [3.63, 3.8) is 0 Å². The van der Waals surface area contributed by atoms with Gasteiger partial charge in [0.05, 0.1) is 6.10 Å². The smallest absolute Gasteiger partial charge is 0.170 e. The average Bonchev–Trinajstić information content (AvgIpc) is 2.52. The second-order valence-corrected chi connectivity index (χ2v) is 4.91. The van der Waals surface area contributed by atoms with Gasteiger partial charge in [-0.05, 0) is 24.9 Å². The van der Waals surface area contributed by atoms with Crippen molar-refractivity contribution in [2.24, 2.45) is 0 Å².